The minimum Gasteiger partial charge on any atom is -0.427 e. The molecule has 0 bridgehead atoms. The Labute approximate surface area is 114 Å². The summed E-state index contributed by atoms with van der Waals surface area (Å²) in [6.45, 7) is 8.79. The number of aromatic nitrogens is 2. The standard InChI is InChI=1S/C13H23N5O/c1-10(2)19-9-11-8-12(16-13(14)15-11)18-6-4-17(3)5-7-18/h8,10H,4-7,9H2,1-3H3,(H2,14,15,16)/p+1. The Balaban J connectivity index is 2.07. The summed E-state index contributed by atoms with van der Waals surface area (Å²) >= 11 is 0. The van der Waals surface area contributed by atoms with Crippen molar-refractivity contribution < 1.29 is 4.74 Å². The third-order valence-electron chi connectivity index (χ3n) is 3.23. The number of anilines is 2. The second kappa shape index (κ2) is 6.16. The number of rotatable bonds is 4. The van der Waals surface area contributed by atoms with Crippen molar-refractivity contribution in [3.05, 3.63) is 11.8 Å². The minimum absolute atomic E-state index is 0.309. The average molecular weight is 266 g/mol. The average Bonchev–Trinajstić information content (AvgIpc) is 2.36. The zero-order valence-electron chi connectivity index (χ0n) is 12.0. The first-order valence-corrected chi connectivity index (χ1v) is 6.78. The highest BCUT2D eigenvalue weighted by molar-refractivity contribution is 5.43. The van der Waals surface area contributed by atoms with Crippen molar-refractivity contribution in [1.82, 2.24) is 14.9 Å². The van der Waals surface area contributed by atoms with Gasteiger partial charge in [0.1, 0.15) is 17.6 Å². The predicted molar refractivity (Wildman–Crippen MR) is 77.2 cm³/mol. The van der Waals surface area contributed by atoms with Crippen molar-refractivity contribution in [2.45, 2.75) is 26.6 Å². The molecule has 0 amide bonds. The van der Waals surface area contributed by atoms with Gasteiger partial charge in [-0.1, -0.05) is 0 Å². The van der Waals surface area contributed by atoms with E-state index in [4.69, 9.17) is 5.73 Å². The molecular formula is C13H24N5O+. The van der Waals surface area contributed by atoms with Crippen LogP contribution in [0.3, 0.4) is 0 Å². The molecule has 1 aromatic rings. The highest BCUT2D eigenvalue weighted by atomic mass is 16.5. The topological polar surface area (TPSA) is 71.1 Å². The lowest BCUT2D eigenvalue weighted by Crippen LogP contribution is -2.45. The molecule has 1 aliphatic rings. The van der Waals surface area contributed by atoms with E-state index >= 15 is 0 Å². The fraction of sp³-hybridized carbons (Fsp3) is 0.692. The summed E-state index contributed by atoms with van der Waals surface area (Å²) in [6, 6.07) is 2.01. The van der Waals surface area contributed by atoms with Gasteiger partial charge in [0.25, 0.3) is 0 Å². The van der Waals surface area contributed by atoms with Crippen LogP contribution in [0.4, 0.5) is 11.8 Å². The minimum atomic E-state index is 0.309. The van der Waals surface area contributed by atoms with Gasteiger partial charge in [0, 0.05) is 46.1 Å². The second-order valence-electron chi connectivity index (χ2n) is 5.30. The van der Waals surface area contributed by atoms with Crippen LogP contribution >= 0.6 is 0 Å². The Morgan fingerprint density at radius 3 is 2.58 bits per heavy atom. The summed E-state index contributed by atoms with van der Waals surface area (Å²) in [7, 11) is 2.14. The van der Waals surface area contributed by atoms with Crippen LogP contribution in [0.5, 0.6) is 0 Å². The molecule has 2 rings (SSSR count). The normalized spacial score (nSPS) is 17.2. The Bertz CT molecular complexity index is 415. The number of piperazine rings is 1. The van der Waals surface area contributed by atoms with E-state index in [1.165, 1.54) is 0 Å². The van der Waals surface area contributed by atoms with E-state index in [0.29, 0.717) is 18.7 Å². The number of nitrogens with zero attached hydrogens (tertiary/aromatic N) is 4. The highest BCUT2D eigenvalue weighted by Crippen LogP contribution is 2.16. The van der Waals surface area contributed by atoms with Gasteiger partial charge in [0.15, 0.2) is 6.61 Å². The number of hydrogen-bond acceptors (Lipinski definition) is 5. The number of nitrogens with two attached hydrogens (primary N) is 1. The first-order chi connectivity index (χ1) is 9.04. The number of aliphatic hydroxyl groups is 2. The summed E-state index contributed by atoms with van der Waals surface area (Å²) in [6.07, 6.45) is 0.309. The molecule has 6 heteroatoms. The maximum absolute atomic E-state index is 5.80. The summed E-state index contributed by atoms with van der Waals surface area (Å²) in [5.41, 5.74) is 6.70. The van der Waals surface area contributed by atoms with Crippen LogP contribution < -0.4 is 10.6 Å². The smallest absolute Gasteiger partial charge is 0.222 e. The van der Waals surface area contributed by atoms with E-state index in [1.807, 2.05) is 6.07 Å². The Morgan fingerprint density at radius 2 is 1.95 bits per heavy atom. The molecule has 1 saturated heterocycles. The molecule has 106 valence electrons. The molecule has 6 nitrogen and oxygen atoms in total. The molecule has 2 heterocycles. The fourth-order valence-electron chi connectivity index (χ4n) is 2.06. The van der Waals surface area contributed by atoms with Crippen molar-refractivity contribution in [3.63, 3.8) is 0 Å². The van der Waals surface area contributed by atoms with Crippen molar-refractivity contribution in [3.8, 4) is 0 Å². The van der Waals surface area contributed by atoms with Crippen molar-refractivity contribution in [2.75, 3.05) is 43.9 Å². The van der Waals surface area contributed by atoms with Crippen LogP contribution in [-0.4, -0.2) is 58.9 Å². The van der Waals surface area contributed by atoms with Crippen molar-refractivity contribution >= 4 is 11.8 Å². The van der Waals surface area contributed by atoms with Gasteiger partial charge in [0.05, 0.1) is 0 Å². The SMILES string of the molecule is CC(C)[OH+]Cc1cc(N2CCN(C)CC2)nc(N)n1. The predicted octanol–water partition coefficient (Wildman–Crippen LogP) is 0.247. The molecule has 19 heavy (non-hydrogen) atoms. The molecule has 1 aromatic heterocycles. The van der Waals surface area contributed by atoms with Gasteiger partial charge in [-0.3, -0.25) is 0 Å². The van der Waals surface area contributed by atoms with E-state index in [2.05, 4.69) is 45.4 Å². The Kier molecular flexibility index (Phi) is 4.55. The largest absolute Gasteiger partial charge is 0.427 e. The second-order valence-corrected chi connectivity index (χ2v) is 5.30. The van der Waals surface area contributed by atoms with Gasteiger partial charge in [-0.05, 0) is 7.05 Å². The zero-order chi connectivity index (χ0) is 13.8. The Morgan fingerprint density at radius 1 is 1.26 bits per heavy atom. The number of hydrogen-bond donors (Lipinski definition) is 1. The molecule has 0 saturated carbocycles. The molecule has 0 aliphatic carbocycles. The first kappa shape index (κ1) is 14.0. The summed E-state index contributed by atoms with van der Waals surface area (Å²) < 4.78 is 4.46. The zero-order valence-corrected chi connectivity index (χ0v) is 12.0. The molecule has 0 spiro atoms. The summed E-state index contributed by atoms with van der Waals surface area (Å²) in [5.74, 6) is 1.26. The van der Waals surface area contributed by atoms with Crippen molar-refractivity contribution in [2.24, 2.45) is 0 Å². The van der Waals surface area contributed by atoms with Gasteiger partial charge in [-0.25, -0.2) is 4.98 Å². The van der Waals surface area contributed by atoms with Crippen LogP contribution in [0.25, 0.3) is 0 Å². The monoisotopic (exact) mass is 266 g/mol. The molecule has 0 aromatic carbocycles. The van der Waals surface area contributed by atoms with Crippen LogP contribution in [0.2, 0.25) is 0 Å². The lowest BCUT2D eigenvalue weighted by atomic mass is 10.3. The van der Waals surface area contributed by atoms with Gasteiger partial charge in [-0.15, -0.1) is 0 Å². The molecule has 0 atom stereocenters. The maximum Gasteiger partial charge on any atom is 0.222 e. The van der Waals surface area contributed by atoms with Crippen LogP contribution in [0.1, 0.15) is 19.5 Å². The van der Waals surface area contributed by atoms with Crippen molar-refractivity contribution in [1.29, 1.82) is 0 Å². The van der Waals surface area contributed by atoms with E-state index in [-0.39, 0.29) is 0 Å². The first-order valence-electron chi connectivity index (χ1n) is 6.78. The molecule has 0 unspecified atom stereocenters. The third-order valence-corrected chi connectivity index (χ3v) is 3.23. The quantitative estimate of drug-likeness (QED) is 0.791. The van der Waals surface area contributed by atoms with E-state index in [1.54, 1.807) is 0 Å². The summed E-state index contributed by atoms with van der Waals surface area (Å²) in [4.78, 5) is 13.2. The summed E-state index contributed by atoms with van der Waals surface area (Å²) in [5, 5.41) is 0. The number of nitrogen functional groups attached to an aromatic ring is 1. The molecule has 0 radical (unpaired) electrons. The van der Waals surface area contributed by atoms with Crippen LogP contribution in [0, 0.1) is 0 Å². The lowest BCUT2D eigenvalue weighted by molar-refractivity contribution is -0.101. The third kappa shape index (κ3) is 4.04. The van der Waals surface area contributed by atoms with Crippen LogP contribution in [0.15, 0.2) is 6.07 Å². The van der Waals surface area contributed by atoms with Crippen LogP contribution in [-0.2, 0) is 6.61 Å². The molecular weight excluding hydrogens is 242 g/mol. The fourth-order valence-corrected chi connectivity index (χ4v) is 2.06. The Hall–Kier alpha value is -1.40. The molecule has 1 fully saturated rings. The van der Waals surface area contributed by atoms with E-state index in [0.717, 1.165) is 37.7 Å². The maximum atomic E-state index is 5.80. The van der Waals surface area contributed by atoms with Gasteiger partial charge < -0.3 is 20.3 Å². The number of likely N-dealkylation sites (N-methyl/N-ethyl adjacent to an activating group) is 1. The molecule has 3 N–H and O–H groups in total. The van der Waals surface area contributed by atoms with Gasteiger partial charge in [-0.2, -0.15) is 4.98 Å². The van der Waals surface area contributed by atoms with E-state index in [9.17, 15) is 0 Å². The van der Waals surface area contributed by atoms with E-state index < -0.39 is 0 Å². The van der Waals surface area contributed by atoms with Gasteiger partial charge in [0.2, 0.25) is 5.95 Å². The highest BCUT2D eigenvalue weighted by Gasteiger charge is 2.17. The number of ether oxygens (including phenoxy) is 1. The van der Waals surface area contributed by atoms with Gasteiger partial charge >= 0.3 is 0 Å². The molecule has 1 aliphatic heterocycles. The lowest BCUT2D eigenvalue weighted by Gasteiger charge is -2.33.